The second-order valence-electron chi connectivity index (χ2n) is 4.31. The van der Waals surface area contributed by atoms with Gasteiger partial charge in [-0.2, -0.15) is 0 Å². The van der Waals surface area contributed by atoms with Crippen LogP contribution in [0.1, 0.15) is 26.2 Å². The Balaban J connectivity index is 2.06. The van der Waals surface area contributed by atoms with Crippen LogP contribution in [0.5, 0.6) is 0 Å². The van der Waals surface area contributed by atoms with Crippen molar-refractivity contribution in [1.29, 1.82) is 0 Å². The molecular weight excluding hydrogens is 208 g/mol. The van der Waals surface area contributed by atoms with E-state index in [2.05, 4.69) is 10.6 Å². The summed E-state index contributed by atoms with van der Waals surface area (Å²) in [6.07, 6.45) is 2.74. The van der Waals surface area contributed by atoms with Crippen LogP contribution in [0.25, 0.3) is 0 Å². The number of nitrogens with one attached hydrogen (secondary N) is 2. The van der Waals surface area contributed by atoms with E-state index in [0.717, 1.165) is 25.8 Å². The Hall–Kier alpha value is -0.650. The molecule has 0 radical (unpaired) electrons. The third-order valence-corrected chi connectivity index (χ3v) is 2.86. The van der Waals surface area contributed by atoms with Crippen molar-refractivity contribution < 1.29 is 14.6 Å². The fraction of sp³-hybridized carbons (Fsp3) is 0.909. The lowest BCUT2D eigenvalue weighted by atomic mass is 9.99. The zero-order chi connectivity index (χ0) is 11.9. The van der Waals surface area contributed by atoms with Gasteiger partial charge in [-0.15, -0.1) is 0 Å². The molecule has 1 aliphatic heterocycles. The van der Waals surface area contributed by atoms with Crippen LogP contribution >= 0.6 is 0 Å². The molecule has 0 spiro atoms. The van der Waals surface area contributed by atoms with E-state index in [9.17, 15) is 4.79 Å². The van der Waals surface area contributed by atoms with Crippen LogP contribution in [0.2, 0.25) is 0 Å². The van der Waals surface area contributed by atoms with Crippen molar-refractivity contribution >= 4 is 5.91 Å². The zero-order valence-corrected chi connectivity index (χ0v) is 9.92. The lowest BCUT2D eigenvalue weighted by Crippen LogP contribution is -2.51. The van der Waals surface area contributed by atoms with Gasteiger partial charge in [-0.25, -0.2) is 0 Å². The van der Waals surface area contributed by atoms with Crippen molar-refractivity contribution in [3.8, 4) is 0 Å². The quantitative estimate of drug-likeness (QED) is 0.523. The second kappa shape index (κ2) is 6.83. The molecule has 1 unspecified atom stereocenters. The lowest BCUT2D eigenvalue weighted by Gasteiger charge is -2.22. The number of carbonyl (C=O) groups is 1. The summed E-state index contributed by atoms with van der Waals surface area (Å²) in [6, 6.07) is 0. The van der Waals surface area contributed by atoms with Crippen LogP contribution < -0.4 is 10.6 Å². The maximum atomic E-state index is 11.8. The summed E-state index contributed by atoms with van der Waals surface area (Å²) in [5.74, 6) is 0.0761. The highest BCUT2D eigenvalue weighted by Gasteiger charge is 2.35. The molecule has 94 valence electrons. The molecule has 0 aromatic heterocycles. The van der Waals surface area contributed by atoms with Gasteiger partial charge in [0, 0.05) is 13.2 Å². The predicted molar refractivity (Wildman–Crippen MR) is 61.2 cm³/mol. The van der Waals surface area contributed by atoms with Gasteiger partial charge in [0.1, 0.15) is 0 Å². The fourth-order valence-electron chi connectivity index (χ4n) is 1.83. The normalized spacial score (nSPS) is 24.6. The molecule has 3 N–H and O–H groups in total. The SMILES string of the molecule is CC1(C(=O)NCCCOCCO)CCCN1. The van der Waals surface area contributed by atoms with Gasteiger partial charge >= 0.3 is 0 Å². The topological polar surface area (TPSA) is 70.6 Å². The monoisotopic (exact) mass is 230 g/mol. The van der Waals surface area contributed by atoms with Crippen LogP contribution in [0, 0.1) is 0 Å². The van der Waals surface area contributed by atoms with Gasteiger partial charge in [-0.3, -0.25) is 4.79 Å². The molecule has 0 aromatic carbocycles. The molecule has 1 aliphatic rings. The van der Waals surface area contributed by atoms with E-state index in [4.69, 9.17) is 9.84 Å². The van der Waals surface area contributed by atoms with Crippen LogP contribution in [-0.4, -0.2) is 49.5 Å². The number of aliphatic hydroxyl groups is 1. The van der Waals surface area contributed by atoms with Crippen molar-refractivity contribution in [2.45, 2.75) is 31.7 Å². The minimum Gasteiger partial charge on any atom is -0.394 e. The first-order valence-corrected chi connectivity index (χ1v) is 5.91. The molecule has 1 rings (SSSR count). The van der Waals surface area contributed by atoms with E-state index in [1.165, 1.54) is 0 Å². The molecule has 1 amide bonds. The number of hydrogen-bond donors (Lipinski definition) is 3. The molecule has 16 heavy (non-hydrogen) atoms. The van der Waals surface area contributed by atoms with E-state index in [1.807, 2.05) is 6.92 Å². The van der Waals surface area contributed by atoms with Gasteiger partial charge in [0.2, 0.25) is 5.91 Å². The van der Waals surface area contributed by atoms with Gasteiger partial charge < -0.3 is 20.5 Å². The zero-order valence-electron chi connectivity index (χ0n) is 9.92. The average molecular weight is 230 g/mol. The van der Waals surface area contributed by atoms with Gasteiger partial charge in [0.05, 0.1) is 18.8 Å². The van der Waals surface area contributed by atoms with Gasteiger partial charge in [-0.1, -0.05) is 0 Å². The van der Waals surface area contributed by atoms with Crippen LogP contribution in [0.3, 0.4) is 0 Å². The smallest absolute Gasteiger partial charge is 0.240 e. The molecule has 5 nitrogen and oxygen atoms in total. The minimum absolute atomic E-state index is 0.0500. The van der Waals surface area contributed by atoms with Crippen LogP contribution in [-0.2, 0) is 9.53 Å². The summed E-state index contributed by atoms with van der Waals surface area (Å²) in [6.45, 7) is 4.48. The first-order valence-electron chi connectivity index (χ1n) is 5.91. The Kier molecular flexibility index (Phi) is 5.73. The van der Waals surface area contributed by atoms with Crippen molar-refractivity contribution in [3.63, 3.8) is 0 Å². The molecule has 0 aromatic rings. The van der Waals surface area contributed by atoms with E-state index in [1.54, 1.807) is 0 Å². The maximum Gasteiger partial charge on any atom is 0.240 e. The Morgan fingerprint density at radius 2 is 2.38 bits per heavy atom. The van der Waals surface area contributed by atoms with Gasteiger partial charge in [0.25, 0.3) is 0 Å². The van der Waals surface area contributed by atoms with Gasteiger partial charge in [0.15, 0.2) is 0 Å². The van der Waals surface area contributed by atoms with E-state index in [-0.39, 0.29) is 18.1 Å². The number of carbonyl (C=O) groups excluding carboxylic acids is 1. The van der Waals surface area contributed by atoms with Crippen molar-refractivity contribution in [2.24, 2.45) is 0 Å². The summed E-state index contributed by atoms with van der Waals surface area (Å²) in [4.78, 5) is 11.8. The number of ether oxygens (including phenoxy) is 1. The van der Waals surface area contributed by atoms with Crippen molar-refractivity contribution in [1.82, 2.24) is 10.6 Å². The molecule has 0 aliphatic carbocycles. The van der Waals surface area contributed by atoms with Crippen molar-refractivity contribution in [3.05, 3.63) is 0 Å². The third-order valence-electron chi connectivity index (χ3n) is 2.86. The standard InChI is InChI=1S/C11H22N2O3/c1-11(4-2-6-13-11)10(15)12-5-3-8-16-9-7-14/h13-14H,2-9H2,1H3,(H,12,15). The number of hydrogen-bond acceptors (Lipinski definition) is 4. The van der Waals surface area contributed by atoms with Crippen LogP contribution in [0.4, 0.5) is 0 Å². The summed E-state index contributed by atoms with van der Waals surface area (Å²) in [5, 5.41) is 14.6. The van der Waals surface area contributed by atoms with E-state index in [0.29, 0.717) is 19.8 Å². The molecule has 1 atom stereocenters. The highest BCUT2D eigenvalue weighted by molar-refractivity contribution is 5.86. The summed E-state index contributed by atoms with van der Waals surface area (Å²) in [5.41, 5.74) is -0.383. The summed E-state index contributed by atoms with van der Waals surface area (Å²) >= 11 is 0. The number of aliphatic hydroxyl groups excluding tert-OH is 1. The first-order chi connectivity index (χ1) is 7.69. The average Bonchev–Trinajstić information content (AvgIpc) is 2.71. The Morgan fingerprint density at radius 3 is 3.00 bits per heavy atom. The highest BCUT2D eigenvalue weighted by Crippen LogP contribution is 2.18. The molecule has 1 heterocycles. The first kappa shape index (κ1) is 13.4. The molecule has 0 bridgehead atoms. The largest absolute Gasteiger partial charge is 0.394 e. The molecule has 5 heteroatoms. The maximum absolute atomic E-state index is 11.8. The van der Waals surface area contributed by atoms with Crippen molar-refractivity contribution in [2.75, 3.05) is 32.9 Å². The fourth-order valence-corrected chi connectivity index (χ4v) is 1.83. The number of rotatable bonds is 7. The Morgan fingerprint density at radius 1 is 1.56 bits per heavy atom. The molecule has 1 fully saturated rings. The summed E-state index contributed by atoms with van der Waals surface area (Å²) in [7, 11) is 0. The molecule has 0 saturated carbocycles. The Bertz CT molecular complexity index is 215. The predicted octanol–water partition coefficient (Wildman–Crippen LogP) is -0.356. The highest BCUT2D eigenvalue weighted by atomic mass is 16.5. The van der Waals surface area contributed by atoms with E-state index >= 15 is 0 Å². The molecular formula is C11H22N2O3. The Labute approximate surface area is 96.6 Å². The van der Waals surface area contributed by atoms with Crippen LogP contribution in [0.15, 0.2) is 0 Å². The lowest BCUT2D eigenvalue weighted by molar-refractivity contribution is -0.126. The summed E-state index contributed by atoms with van der Waals surface area (Å²) < 4.78 is 5.10. The van der Waals surface area contributed by atoms with Gasteiger partial charge in [-0.05, 0) is 32.7 Å². The minimum atomic E-state index is -0.383. The third kappa shape index (κ3) is 4.08. The number of amides is 1. The second-order valence-corrected chi connectivity index (χ2v) is 4.31. The molecule has 1 saturated heterocycles. The van der Waals surface area contributed by atoms with E-state index < -0.39 is 0 Å².